The van der Waals surface area contributed by atoms with Crippen molar-refractivity contribution in [2.24, 2.45) is 17.8 Å². The van der Waals surface area contributed by atoms with E-state index in [0.717, 1.165) is 23.5 Å². The second-order valence-electron chi connectivity index (χ2n) is 8.26. The summed E-state index contributed by atoms with van der Waals surface area (Å²) in [4.78, 5) is 15.1. The van der Waals surface area contributed by atoms with E-state index in [9.17, 15) is 13.2 Å². The number of aryl methyl sites for hydroxylation is 2. The molecule has 1 heterocycles. The van der Waals surface area contributed by atoms with Crippen molar-refractivity contribution >= 4 is 15.9 Å². The minimum absolute atomic E-state index is 0.191. The molecule has 2 saturated carbocycles. The maximum absolute atomic E-state index is 12.9. The first-order valence-corrected chi connectivity index (χ1v) is 11.2. The highest BCUT2D eigenvalue weighted by molar-refractivity contribution is 7.89. The van der Waals surface area contributed by atoms with Crippen LogP contribution in [0.25, 0.3) is 0 Å². The van der Waals surface area contributed by atoms with E-state index in [2.05, 4.69) is 0 Å². The van der Waals surface area contributed by atoms with Crippen molar-refractivity contribution in [3.63, 3.8) is 0 Å². The smallest absolute Gasteiger partial charge is 0.243 e. The van der Waals surface area contributed by atoms with Gasteiger partial charge in [-0.15, -0.1) is 0 Å². The fourth-order valence-corrected chi connectivity index (χ4v) is 6.46. The normalized spacial score (nSPS) is 29.3. The van der Waals surface area contributed by atoms with Crippen LogP contribution in [0.1, 0.15) is 36.8 Å². The van der Waals surface area contributed by atoms with Crippen LogP contribution in [0.3, 0.4) is 0 Å². The van der Waals surface area contributed by atoms with Crippen molar-refractivity contribution in [1.82, 2.24) is 9.21 Å². The Kier molecular flexibility index (Phi) is 4.59. The number of nitrogens with zero attached hydrogens (tertiary/aromatic N) is 2. The van der Waals surface area contributed by atoms with Crippen molar-refractivity contribution in [1.29, 1.82) is 0 Å². The van der Waals surface area contributed by atoms with Crippen LogP contribution in [0.2, 0.25) is 0 Å². The molecule has 0 radical (unpaired) electrons. The van der Waals surface area contributed by atoms with Crippen LogP contribution < -0.4 is 0 Å². The number of sulfonamides is 1. The molecule has 1 aromatic rings. The van der Waals surface area contributed by atoms with Crippen molar-refractivity contribution in [3.05, 3.63) is 29.3 Å². The lowest BCUT2D eigenvalue weighted by Crippen LogP contribution is -2.52. The van der Waals surface area contributed by atoms with E-state index >= 15 is 0 Å². The molecular formula is C20H28N2O3S. The number of piperazine rings is 1. The van der Waals surface area contributed by atoms with Crippen LogP contribution in [0, 0.1) is 31.6 Å². The Morgan fingerprint density at radius 2 is 1.73 bits per heavy atom. The molecule has 26 heavy (non-hydrogen) atoms. The van der Waals surface area contributed by atoms with Crippen LogP contribution in [0.4, 0.5) is 0 Å². The topological polar surface area (TPSA) is 57.7 Å². The summed E-state index contributed by atoms with van der Waals surface area (Å²) in [6, 6.07) is 5.29. The van der Waals surface area contributed by atoms with Gasteiger partial charge in [-0.05, 0) is 68.2 Å². The van der Waals surface area contributed by atoms with Crippen LogP contribution >= 0.6 is 0 Å². The maximum Gasteiger partial charge on any atom is 0.243 e. The zero-order chi connectivity index (χ0) is 18.5. The summed E-state index contributed by atoms with van der Waals surface area (Å²) in [5.74, 6) is 1.78. The van der Waals surface area contributed by atoms with E-state index in [1.807, 2.05) is 24.8 Å². The van der Waals surface area contributed by atoms with Gasteiger partial charge >= 0.3 is 0 Å². The van der Waals surface area contributed by atoms with E-state index in [4.69, 9.17) is 0 Å². The molecule has 0 spiro atoms. The van der Waals surface area contributed by atoms with Crippen LogP contribution in [-0.2, 0) is 14.8 Å². The van der Waals surface area contributed by atoms with Gasteiger partial charge in [0.05, 0.1) is 4.90 Å². The summed E-state index contributed by atoms with van der Waals surface area (Å²) in [5, 5.41) is 0. The molecular weight excluding hydrogens is 348 g/mol. The van der Waals surface area contributed by atoms with Crippen molar-refractivity contribution in [2.75, 3.05) is 26.2 Å². The van der Waals surface area contributed by atoms with Gasteiger partial charge in [0.15, 0.2) is 0 Å². The first-order chi connectivity index (χ1) is 12.4. The van der Waals surface area contributed by atoms with Crippen molar-refractivity contribution in [3.8, 4) is 0 Å². The minimum Gasteiger partial charge on any atom is -0.340 e. The minimum atomic E-state index is -3.48. The number of hydrogen-bond donors (Lipinski definition) is 0. The second kappa shape index (κ2) is 6.64. The van der Waals surface area contributed by atoms with Crippen LogP contribution in [0.15, 0.2) is 23.1 Å². The number of rotatable bonds is 3. The molecule has 2 bridgehead atoms. The number of fused-ring (bicyclic) bond motifs is 2. The summed E-state index contributed by atoms with van der Waals surface area (Å²) in [7, 11) is -3.48. The van der Waals surface area contributed by atoms with Crippen LogP contribution in [-0.4, -0.2) is 49.7 Å². The van der Waals surface area contributed by atoms with E-state index < -0.39 is 10.0 Å². The number of benzene rings is 1. The van der Waals surface area contributed by atoms with Crippen LogP contribution in [0.5, 0.6) is 0 Å². The molecule has 5 nitrogen and oxygen atoms in total. The number of carbonyl (C=O) groups is 1. The van der Waals surface area contributed by atoms with E-state index in [1.54, 1.807) is 12.1 Å². The fraction of sp³-hybridized carbons (Fsp3) is 0.650. The number of carbonyl (C=O) groups excluding carboxylic acids is 1. The third-order valence-corrected chi connectivity index (χ3v) is 8.62. The molecule has 3 unspecified atom stereocenters. The van der Waals surface area contributed by atoms with Gasteiger partial charge in [0.2, 0.25) is 15.9 Å². The molecule has 1 aliphatic heterocycles. The summed E-state index contributed by atoms with van der Waals surface area (Å²) < 4.78 is 27.3. The highest BCUT2D eigenvalue weighted by atomic mass is 32.2. The first-order valence-electron chi connectivity index (χ1n) is 9.72. The first kappa shape index (κ1) is 18.0. The SMILES string of the molecule is Cc1ccc(S(=O)(=O)N2CCN(C(=O)C3CC4CCC3C4)CC2)cc1C. The van der Waals surface area contributed by atoms with Gasteiger partial charge in [-0.3, -0.25) is 4.79 Å². The lowest BCUT2D eigenvalue weighted by Gasteiger charge is -2.36. The fourth-order valence-electron chi connectivity index (χ4n) is 4.95. The molecule has 1 aromatic carbocycles. The zero-order valence-electron chi connectivity index (χ0n) is 15.6. The van der Waals surface area contributed by atoms with Gasteiger partial charge in [0, 0.05) is 32.1 Å². The summed E-state index contributed by atoms with van der Waals surface area (Å²) in [6.45, 7) is 5.71. The zero-order valence-corrected chi connectivity index (χ0v) is 16.5. The van der Waals surface area contributed by atoms with Gasteiger partial charge in [0.1, 0.15) is 0 Å². The third-order valence-electron chi connectivity index (χ3n) is 6.72. The Morgan fingerprint density at radius 1 is 1.00 bits per heavy atom. The van der Waals surface area contributed by atoms with Gasteiger partial charge in [-0.1, -0.05) is 12.5 Å². The summed E-state index contributed by atoms with van der Waals surface area (Å²) >= 11 is 0. The summed E-state index contributed by atoms with van der Waals surface area (Å²) in [6.07, 6.45) is 4.75. The summed E-state index contributed by atoms with van der Waals surface area (Å²) in [5.41, 5.74) is 2.07. The van der Waals surface area contributed by atoms with Crippen molar-refractivity contribution in [2.45, 2.75) is 44.4 Å². The molecule has 0 N–H and O–H groups in total. The standard InChI is InChI=1S/C20H28N2O3S/c1-14-3-6-18(11-15(14)2)26(24,25)22-9-7-21(8-10-22)20(23)19-13-16-4-5-17(19)12-16/h3,6,11,16-17,19H,4-5,7-10,12-13H2,1-2H3. The Hall–Kier alpha value is -1.40. The number of hydrogen-bond acceptors (Lipinski definition) is 3. The highest BCUT2D eigenvalue weighted by Gasteiger charge is 2.45. The van der Waals surface area contributed by atoms with Gasteiger partial charge in [-0.25, -0.2) is 8.42 Å². The molecule has 3 aliphatic rings. The van der Waals surface area contributed by atoms with Gasteiger partial charge < -0.3 is 4.90 Å². The monoisotopic (exact) mass is 376 g/mol. The average molecular weight is 377 g/mol. The second-order valence-corrected chi connectivity index (χ2v) is 10.2. The van der Waals surface area contributed by atoms with Crippen molar-refractivity contribution < 1.29 is 13.2 Å². The Labute approximate surface area is 156 Å². The lowest BCUT2D eigenvalue weighted by atomic mass is 9.87. The Morgan fingerprint density at radius 3 is 2.31 bits per heavy atom. The molecule has 6 heteroatoms. The highest BCUT2D eigenvalue weighted by Crippen LogP contribution is 2.48. The molecule has 1 amide bonds. The molecule has 2 aliphatic carbocycles. The van der Waals surface area contributed by atoms with Gasteiger partial charge in [0.25, 0.3) is 0 Å². The predicted molar refractivity (Wildman–Crippen MR) is 100 cm³/mol. The molecule has 142 valence electrons. The third kappa shape index (κ3) is 3.07. The Bertz CT molecular complexity index is 812. The lowest BCUT2D eigenvalue weighted by molar-refractivity contribution is -0.138. The number of amides is 1. The van der Waals surface area contributed by atoms with E-state index in [1.165, 1.54) is 23.6 Å². The molecule has 4 rings (SSSR count). The molecule has 1 saturated heterocycles. The van der Waals surface area contributed by atoms with Gasteiger partial charge in [-0.2, -0.15) is 4.31 Å². The molecule has 3 fully saturated rings. The maximum atomic E-state index is 12.9. The largest absolute Gasteiger partial charge is 0.340 e. The molecule has 3 atom stereocenters. The quantitative estimate of drug-likeness (QED) is 0.815. The average Bonchev–Trinajstić information content (AvgIpc) is 3.27. The predicted octanol–water partition coefficient (Wildman–Crippen LogP) is 2.57. The molecule has 0 aromatic heterocycles. The van der Waals surface area contributed by atoms with E-state index in [-0.39, 0.29) is 11.8 Å². The Balaban J connectivity index is 1.41. The van der Waals surface area contributed by atoms with E-state index in [0.29, 0.717) is 37.0 Å².